The summed E-state index contributed by atoms with van der Waals surface area (Å²) in [7, 11) is 3.22. The third-order valence-corrected chi connectivity index (χ3v) is 3.13. The van der Waals surface area contributed by atoms with Crippen LogP contribution in [0, 0.1) is 5.92 Å². The van der Waals surface area contributed by atoms with Gasteiger partial charge in [-0.15, -0.1) is 0 Å². The number of aliphatic carboxylic acids is 1. The van der Waals surface area contributed by atoms with E-state index in [1.807, 2.05) is 19.9 Å². The summed E-state index contributed by atoms with van der Waals surface area (Å²) in [5.41, 5.74) is 1.13. The lowest BCUT2D eigenvalue weighted by Crippen LogP contribution is -2.07. The quantitative estimate of drug-likeness (QED) is 0.560. The average molecular weight is 308 g/mol. The van der Waals surface area contributed by atoms with Crippen LogP contribution in [0.25, 0.3) is 6.08 Å². The minimum atomic E-state index is -0.909. The summed E-state index contributed by atoms with van der Waals surface area (Å²) in [6.45, 7) is 4.84. The molecule has 0 radical (unpaired) electrons. The van der Waals surface area contributed by atoms with E-state index in [0.29, 0.717) is 30.3 Å². The number of carboxylic acids is 1. The van der Waals surface area contributed by atoms with Gasteiger partial charge in [-0.1, -0.05) is 19.9 Å². The van der Waals surface area contributed by atoms with Crippen molar-refractivity contribution in [1.29, 1.82) is 0 Å². The average Bonchev–Trinajstić information content (AvgIpc) is 2.48. The third-order valence-electron chi connectivity index (χ3n) is 3.13. The predicted octanol–water partition coefficient (Wildman–Crippen LogP) is 3.23. The highest BCUT2D eigenvalue weighted by Gasteiger charge is 2.12. The van der Waals surface area contributed by atoms with Crippen molar-refractivity contribution in [3.63, 3.8) is 0 Å². The van der Waals surface area contributed by atoms with Crippen molar-refractivity contribution in [3.8, 4) is 11.5 Å². The number of ether oxygens (including phenoxy) is 3. The Balaban J connectivity index is 2.98. The summed E-state index contributed by atoms with van der Waals surface area (Å²) in [6, 6.07) is 5.38. The van der Waals surface area contributed by atoms with Gasteiger partial charge in [0.2, 0.25) is 0 Å². The van der Waals surface area contributed by atoms with E-state index < -0.39 is 5.97 Å². The van der Waals surface area contributed by atoms with Crippen molar-refractivity contribution in [2.45, 2.75) is 20.3 Å². The topological polar surface area (TPSA) is 65.0 Å². The summed E-state index contributed by atoms with van der Waals surface area (Å²) >= 11 is 0. The lowest BCUT2D eigenvalue weighted by Gasteiger charge is -2.12. The Kier molecular flexibility index (Phi) is 7.46. The zero-order valence-electron chi connectivity index (χ0n) is 13.6. The number of carbonyl (C=O) groups is 1. The van der Waals surface area contributed by atoms with E-state index >= 15 is 0 Å². The van der Waals surface area contributed by atoms with Crippen LogP contribution in [-0.4, -0.2) is 38.5 Å². The fourth-order valence-electron chi connectivity index (χ4n) is 1.94. The molecule has 0 heterocycles. The number of hydrogen-bond donors (Lipinski definition) is 1. The minimum Gasteiger partial charge on any atom is -0.493 e. The van der Waals surface area contributed by atoms with Crippen molar-refractivity contribution in [1.82, 2.24) is 0 Å². The molecule has 0 aliphatic carbocycles. The second-order valence-electron chi connectivity index (χ2n) is 5.16. The van der Waals surface area contributed by atoms with E-state index in [-0.39, 0.29) is 5.92 Å². The Morgan fingerprint density at radius 2 is 1.95 bits per heavy atom. The summed E-state index contributed by atoms with van der Waals surface area (Å²) in [6.07, 6.45) is 2.43. The predicted molar refractivity (Wildman–Crippen MR) is 85.4 cm³/mol. The molecule has 0 aliphatic heterocycles. The Morgan fingerprint density at radius 1 is 1.23 bits per heavy atom. The molecule has 1 rings (SSSR count). The Hall–Kier alpha value is -2.01. The van der Waals surface area contributed by atoms with Crippen molar-refractivity contribution in [3.05, 3.63) is 29.3 Å². The molecule has 0 aromatic heterocycles. The van der Waals surface area contributed by atoms with Crippen LogP contribution in [0.3, 0.4) is 0 Å². The molecule has 5 heteroatoms. The van der Waals surface area contributed by atoms with Gasteiger partial charge >= 0.3 is 5.97 Å². The third kappa shape index (κ3) is 5.41. The molecule has 0 saturated carbocycles. The van der Waals surface area contributed by atoms with Crippen LogP contribution in [0.5, 0.6) is 11.5 Å². The number of rotatable bonds is 9. The zero-order chi connectivity index (χ0) is 16.5. The summed E-state index contributed by atoms with van der Waals surface area (Å²) in [5.74, 6) is 0.246. The van der Waals surface area contributed by atoms with Crippen LogP contribution in [0.4, 0.5) is 0 Å². The molecule has 1 N–H and O–H groups in total. The van der Waals surface area contributed by atoms with Gasteiger partial charge < -0.3 is 19.3 Å². The first-order chi connectivity index (χ1) is 10.5. The summed E-state index contributed by atoms with van der Waals surface area (Å²) < 4.78 is 15.9. The van der Waals surface area contributed by atoms with Crippen LogP contribution in [0.15, 0.2) is 23.8 Å². The van der Waals surface area contributed by atoms with Gasteiger partial charge in [0.15, 0.2) is 11.5 Å². The lowest BCUT2D eigenvalue weighted by molar-refractivity contribution is -0.133. The van der Waals surface area contributed by atoms with E-state index in [1.54, 1.807) is 32.4 Å². The van der Waals surface area contributed by atoms with E-state index in [9.17, 15) is 9.90 Å². The van der Waals surface area contributed by atoms with Gasteiger partial charge in [0.05, 0.1) is 13.7 Å². The van der Waals surface area contributed by atoms with Crippen molar-refractivity contribution < 1.29 is 24.1 Å². The van der Waals surface area contributed by atoms with Crippen LogP contribution in [-0.2, 0) is 9.53 Å². The Bertz CT molecular complexity index is 520. The van der Waals surface area contributed by atoms with E-state index in [1.165, 1.54) is 0 Å². The molecule has 1 aromatic rings. The van der Waals surface area contributed by atoms with E-state index in [0.717, 1.165) is 12.0 Å². The maximum atomic E-state index is 11.3. The smallest absolute Gasteiger partial charge is 0.331 e. The van der Waals surface area contributed by atoms with E-state index in [4.69, 9.17) is 14.2 Å². The van der Waals surface area contributed by atoms with Gasteiger partial charge in [0.1, 0.15) is 0 Å². The lowest BCUT2D eigenvalue weighted by atomic mass is 10.0. The summed E-state index contributed by atoms with van der Waals surface area (Å²) in [4.78, 5) is 11.3. The number of hydrogen-bond acceptors (Lipinski definition) is 4. The first-order valence-corrected chi connectivity index (χ1v) is 7.24. The Morgan fingerprint density at radius 3 is 2.50 bits per heavy atom. The van der Waals surface area contributed by atoms with Gasteiger partial charge in [-0.05, 0) is 29.7 Å². The zero-order valence-corrected chi connectivity index (χ0v) is 13.6. The highest BCUT2D eigenvalue weighted by Crippen LogP contribution is 2.29. The molecule has 0 atom stereocenters. The molecule has 0 saturated heterocycles. The van der Waals surface area contributed by atoms with Crippen LogP contribution in [0.2, 0.25) is 0 Å². The molecule has 0 aliphatic rings. The Labute approximate surface area is 131 Å². The van der Waals surface area contributed by atoms with E-state index in [2.05, 4.69) is 0 Å². The molecule has 0 bridgehead atoms. The number of methoxy groups -OCH3 is 2. The first kappa shape index (κ1) is 18.0. The van der Waals surface area contributed by atoms with Gasteiger partial charge in [-0.25, -0.2) is 4.79 Å². The molecule has 0 unspecified atom stereocenters. The molecule has 0 amide bonds. The number of benzene rings is 1. The van der Waals surface area contributed by atoms with Crippen LogP contribution >= 0.6 is 0 Å². The van der Waals surface area contributed by atoms with Crippen LogP contribution < -0.4 is 9.47 Å². The van der Waals surface area contributed by atoms with Crippen LogP contribution in [0.1, 0.15) is 25.8 Å². The molecule has 122 valence electrons. The fourth-order valence-corrected chi connectivity index (χ4v) is 1.94. The minimum absolute atomic E-state index is 0.0642. The molecular weight excluding hydrogens is 284 g/mol. The highest BCUT2D eigenvalue weighted by atomic mass is 16.5. The normalized spacial score (nSPS) is 11.6. The van der Waals surface area contributed by atoms with Crippen molar-refractivity contribution >= 4 is 12.0 Å². The monoisotopic (exact) mass is 308 g/mol. The molecule has 1 aromatic carbocycles. The van der Waals surface area contributed by atoms with Gasteiger partial charge in [-0.3, -0.25) is 0 Å². The van der Waals surface area contributed by atoms with Crippen molar-refractivity contribution in [2.24, 2.45) is 5.92 Å². The number of carboxylic acid groups (broad SMARTS) is 1. The van der Waals surface area contributed by atoms with Crippen molar-refractivity contribution in [2.75, 3.05) is 27.4 Å². The largest absolute Gasteiger partial charge is 0.493 e. The molecule has 5 nitrogen and oxygen atoms in total. The molecule has 0 fully saturated rings. The second kappa shape index (κ2) is 9.10. The highest BCUT2D eigenvalue weighted by molar-refractivity contribution is 5.92. The summed E-state index contributed by atoms with van der Waals surface area (Å²) in [5, 5.41) is 9.24. The standard InChI is InChI=1S/C17H24O5/c1-12(2)14(17(18)19)10-13-6-7-15(21-4)16(11-13)22-9-5-8-20-3/h6-7,10-12H,5,8-9H2,1-4H3,(H,18,19)/b14-10+. The molecular formula is C17H24O5. The fraction of sp³-hybridized carbons (Fsp3) is 0.471. The first-order valence-electron chi connectivity index (χ1n) is 7.24. The maximum Gasteiger partial charge on any atom is 0.331 e. The maximum absolute atomic E-state index is 11.3. The second-order valence-corrected chi connectivity index (χ2v) is 5.16. The van der Waals surface area contributed by atoms with Gasteiger partial charge in [0, 0.05) is 25.7 Å². The SMILES string of the molecule is COCCCOc1cc(/C=C(/C(=O)O)C(C)C)ccc1OC. The van der Waals surface area contributed by atoms with Gasteiger partial charge in [-0.2, -0.15) is 0 Å². The molecule has 22 heavy (non-hydrogen) atoms. The molecule has 0 spiro atoms. The van der Waals surface area contributed by atoms with Gasteiger partial charge in [0.25, 0.3) is 0 Å².